The number of benzene rings is 2. The Labute approximate surface area is 142 Å². The molecule has 0 aliphatic carbocycles. The van der Waals surface area contributed by atoms with E-state index in [1.807, 2.05) is 35.0 Å². The number of aryl methyl sites for hydroxylation is 2. The van der Waals surface area contributed by atoms with Crippen LogP contribution >= 0.6 is 0 Å². The molecule has 24 heavy (non-hydrogen) atoms. The Morgan fingerprint density at radius 2 is 1.92 bits per heavy atom. The number of imidazole rings is 1. The number of nitrogens with zero attached hydrogens (tertiary/aromatic N) is 2. The highest BCUT2D eigenvalue weighted by Crippen LogP contribution is 2.14. The minimum Gasteiger partial charge on any atom is -0.352 e. The summed E-state index contributed by atoms with van der Waals surface area (Å²) in [5.41, 5.74) is 4.53. The molecule has 3 rings (SSSR count). The summed E-state index contributed by atoms with van der Waals surface area (Å²) in [5, 5.41) is 3.01. The number of aromatic nitrogens is 2. The molecule has 0 saturated carbocycles. The fraction of sp³-hybridized carbons (Fsp3) is 0.200. The summed E-state index contributed by atoms with van der Waals surface area (Å²) in [4.78, 5) is 16.2. The topological polar surface area (TPSA) is 46.9 Å². The van der Waals surface area contributed by atoms with Crippen LogP contribution in [0.15, 0.2) is 67.3 Å². The Balaban J connectivity index is 1.56. The van der Waals surface area contributed by atoms with Crippen LogP contribution in [0, 0.1) is 6.92 Å². The summed E-state index contributed by atoms with van der Waals surface area (Å²) < 4.78 is 1.95. The van der Waals surface area contributed by atoms with Crippen molar-refractivity contribution in [2.45, 2.75) is 26.3 Å². The lowest BCUT2D eigenvalue weighted by atomic mass is 10.1. The van der Waals surface area contributed by atoms with Gasteiger partial charge in [0, 0.05) is 25.4 Å². The second kappa shape index (κ2) is 7.59. The first-order valence-electron chi connectivity index (χ1n) is 8.11. The average Bonchev–Trinajstić information content (AvgIpc) is 3.14. The maximum Gasteiger partial charge on any atom is 0.220 e. The van der Waals surface area contributed by atoms with Gasteiger partial charge in [-0.2, -0.15) is 0 Å². The normalized spacial score (nSPS) is 10.5. The SMILES string of the molecule is Cc1ccc(CCC(=O)NCc2ccccc2-n2ccnc2)cc1. The number of hydrogen-bond acceptors (Lipinski definition) is 2. The first-order valence-corrected chi connectivity index (χ1v) is 8.11. The molecular weight excluding hydrogens is 298 g/mol. The van der Waals surface area contributed by atoms with Crippen molar-refractivity contribution in [2.24, 2.45) is 0 Å². The first kappa shape index (κ1) is 16.0. The highest BCUT2D eigenvalue weighted by molar-refractivity contribution is 5.76. The molecule has 3 aromatic rings. The fourth-order valence-electron chi connectivity index (χ4n) is 2.61. The summed E-state index contributed by atoms with van der Waals surface area (Å²) in [5.74, 6) is 0.0657. The van der Waals surface area contributed by atoms with Gasteiger partial charge in [-0.15, -0.1) is 0 Å². The highest BCUT2D eigenvalue weighted by atomic mass is 16.1. The molecular formula is C20H21N3O. The molecule has 0 atom stereocenters. The maximum absolute atomic E-state index is 12.1. The van der Waals surface area contributed by atoms with Gasteiger partial charge < -0.3 is 9.88 Å². The Bertz CT molecular complexity index is 792. The third-order valence-electron chi connectivity index (χ3n) is 4.01. The molecule has 0 aliphatic heterocycles. The number of rotatable bonds is 6. The first-order chi connectivity index (χ1) is 11.7. The van der Waals surface area contributed by atoms with Crippen molar-refractivity contribution in [1.82, 2.24) is 14.9 Å². The van der Waals surface area contributed by atoms with E-state index in [0.717, 1.165) is 17.7 Å². The van der Waals surface area contributed by atoms with E-state index in [2.05, 4.69) is 41.5 Å². The number of carbonyl (C=O) groups is 1. The smallest absolute Gasteiger partial charge is 0.220 e. The van der Waals surface area contributed by atoms with Crippen molar-refractivity contribution in [3.63, 3.8) is 0 Å². The Hall–Kier alpha value is -2.88. The molecule has 0 bridgehead atoms. The van der Waals surface area contributed by atoms with Crippen LogP contribution in [-0.2, 0) is 17.8 Å². The Kier molecular flexibility index (Phi) is 5.06. The zero-order chi connectivity index (χ0) is 16.8. The number of hydrogen-bond donors (Lipinski definition) is 1. The summed E-state index contributed by atoms with van der Waals surface area (Å²) in [6.45, 7) is 2.58. The number of amides is 1. The van der Waals surface area contributed by atoms with Crippen LogP contribution in [0.25, 0.3) is 5.69 Å². The maximum atomic E-state index is 12.1. The highest BCUT2D eigenvalue weighted by Gasteiger charge is 2.06. The minimum absolute atomic E-state index is 0.0657. The summed E-state index contributed by atoms with van der Waals surface area (Å²) >= 11 is 0. The van der Waals surface area contributed by atoms with E-state index in [1.54, 1.807) is 12.5 Å². The summed E-state index contributed by atoms with van der Waals surface area (Å²) in [7, 11) is 0. The van der Waals surface area contributed by atoms with E-state index < -0.39 is 0 Å². The van der Waals surface area contributed by atoms with Crippen molar-refractivity contribution in [2.75, 3.05) is 0 Å². The molecule has 0 aliphatic rings. The molecule has 2 aromatic carbocycles. The van der Waals surface area contributed by atoms with E-state index in [0.29, 0.717) is 13.0 Å². The van der Waals surface area contributed by atoms with Crippen LogP contribution in [0.3, 0.4) is 0 Å². The van der Waals surface area contributed by atoms with Crippen molar-refractivity contribution in [1.29, 1.82) is 0 Å². The van der Waals surface area contributed by atoms with Crippen molar-refractivity contribution in [3.8, 4) is 5.69 Å². The Morgan fingerprint density at radius 1 is 1.12 bits per heavy atom. The van der Waals surface area contributed by atoms with E-state index in [-0.39, 0.29) is 5.91 Å². The molecule has 0 radical (unpaired) electrons. The van der Waals surface area contributed by atoms with E-state index in [4.69, 9.17) is 0 Å². The predicted molar refractivity (Wildman–Crippen MR) is 94.9 cm³/mol. The van der Waals surface area contributed by atoms with Gasteiger partial charge in [-0.3, -0.25) is 4.79 Å². The van der Waals surface area contributed by atoms with Crippen LogP contribution in [0.5, 0.6) is 0 Å². The van der Waals surface area contributed by atoms with Crippen molar-refractivity contribution in [3.05, 3.63) is 83.9 Å². The molecule has 1 heterocycles. The monoisotopic (exact) mass is 319 g/mol. The van der Waals surface area contributed by atoms with Crippen LogP contribution in [0.2, 0.25) is 0 Å². The second-order valence-electron chi connectivity index (χ2n) is 5.86. The minimum atomic E-state index is 0.0657. The molecule has 0 spiro atoms. The zero-order valence-corrected chi connectivity index (χ0v) is 13.8. The van der Waals surface area contributed by atoms with Gasteiger partial charge >= 0.3 is 0 Å². The van der Waals surface area contributed by atoms with E-state index in [1.165, 1.54) is 11.1 Å². The van der Waals surface area contributed by atoms with E-state index >= 15 is 0 Å². The lowest BCUT2D eigenvalue weighted by Gasteiger charge is -2.11. The Morgan fingerprint density at radius 3 is 2.67 bits per heavy atom. The molecule has 1 N–H and O–H groups in total. The molecule has 4 heteroatoms. The van der Waals surface area contributed by atoms with Gasteiger partial charge in [-0.1, -0.05) is 48.0 Å². The van der Waals surface area contributed by atoms with Gasteiger partial charge in [0.15, 0.2) is 0 Å². The second-order valence-corrected chi connectivity index (χ2v) is 5.86. The lowest BCUT2D eigenvalue weighted by Crippen LogP contribution is -2.23. The number of para-hydroxylation sites is 1. The molecule has 0 unspecified atom stereocenters. The summed E-state index contributed by atoms with van der Waals surface area (Å²) in [6, 6.07) is 16.3. The molecule has 0 saturated heterocycles. The number of nitrogens with one attached hydrogen (secondary N) is 1. The fourth-order valence-corrected chi connectivity index (χ4v) is 2.61. The van der Waals surface area contributed by atoms with Gasteiger partial charge in [0.25, 0.3) is 0 Å². The third kappa shape index (κ3) is 4.10. The molecule has 0 fully saturated rings. The van der Waals surface area contributed by atoms with Gasteiger partial charge in [-0.25, -0.2) is 4.98 Å². The number of carbonyl (C=O) groups excluding carboxylic acids is 1. The van der Waals surface area contributed by atoms with Gasteiger partial charge in [0.2, 0.25) is 5.91 Å². The van der Waals surface area contributed by atoms with Crippen LogP contribution in [-0.4, -0.2) is 15.5 Å². The van der Waals surface area contributed by atoms with Crippen LogP contribution in [0.4, 0.5) is 0 Å². The third-order valence-corrected chi connectivity index (χ3v) is 4.01. The molecule has 1 aromatic heterocycles. The molecule has 4 nitrogen and oxygen atoms in total. The predicted octanol–water partition coefficient (Wildman–Crippen LogP) is 3.43. The van der Waals surface area contributed by atoms with Crippen LogP contribution < -0.4 is 5.32 Å². The lowest BCUT2D eigenvalue weighted by molar-refractivity contribution is -0.121. The zero-order valence-electron chi connectivity index (χ0n) is 13.8. The van der Waals surface area contributed by atoms with Crippen LogP contribution in [0.1, 0.15) is 23.1 Å². The van der Waals surface area contributed by atoms with Gasteiger partial charge in [0.1, 0.15) is 0 Å². The standard InChI is InChI=1S/C20H21N3O/c1-16-6-8-17(9-7-16)10-11-20(24)22-14-18-4-2-3-5-19(18)23-13-12-21-15-23/h2-9,12-13,15H,10-11,14H2,1H3,(H,22,24). The largest absolute Gasteiger partial charge is 0.352 e. The van der Waals surface area contributed by atoms with Crippen molar-refractivity contribution < 1.29 is 4.79 Å². The van der Waals surface area contributed by atoms with Crippen molar-refractivity contribution >= 4 is 5.91 Å². The van der Waals surface area contributed by atoms with Gasteiger partial charge in [0.05, 0.1) is 12.0 Å². The quantitative estimate of drug-likeness (QED) is 0.756. The summed E-state index contributed by atoms with van der Waals surface area (Å²) in [6.07, 6.45) is 6.67. The van der Waals surface area contributed by atoms with Gasteiger partial charge in [-0.05, 0) is 30.5 Å². The molecule has 122 valence electrons. The molecule has 1 amide bonds. The average molecular weight is 319 g/mol. The van der Waals surface area contributed by atoms with E-state index in [9.17, 15) is 4.79 Å².